The summed E-state index contributed by atoms with van der Waals surface area (Å²) in [6.07, 6.45) is 3.02. The molecule has 1 aromatic heterocycles. The lowest BCUT2D eigenvalue weighted by Crippen LogP contribution is -2.20. The van der Waals surface area contributed by atoms with Crippen molar-refractivity contribution in [3.8, 4) is 11.5 Å². The molecule has 0 saturated heterocycles. The number of carboxylic acids is 1. The summed E-state index contributed by atoms with van der Waals surface area (Å²) in [4.78, 5) is 23.1. The highest BCUT2D eigenvalue weighted by Crippen LogP contribution is 2.40. The Hall–Kier alpha value is -2.12. The summed E-state index contributed by atoms with van der Waals surface area (Å²) in [5.41, 5.74) is 0.765. The molecule has 5 nitrogen and oxygen atoms in total. The Balaban J connectivity index is 1.80. The van der Waals surface area contributed by atoms with Crippen molar-refractivity contribution < 1.29 is 24.2 Å². The maximum atomic E-state index is 12.0. The molecule has 0 radical (unpaired) electrons. The molecule has 0 unspecified atom stereocenters. The maximum absolute atomic E-state index is 12.0. The molecule has 0 aliphatic carbocycles. The SMILES string of the molecule is O=C([O-])c1ccc(C(=O)/C=C/c2cc(Br)c3c(c2)OCO3)s1. The average molecular weight is 380 g/mol. The first-order valence-corrected chi connectivity index (χ1v) is 7.78. The van der Waals surface area contributed by atoms with Crippen LogP contribution in [0.2, 0.25) is 0 Å². The van der Waals surface area contributed by atoms with Crippen molar-refractivity contribution in [1.29, 1.82) is 0 Å². The number of rotatable bonds is 4. The predicted octanol–water partition coefficient (Wildman–Crippen LogP) is 2.50. The molecule has 1 aliphatic heterocycles. The minimum absolute atomic E-state index is 0.0302. The summed E-state index contributed by atoms with van der Waals surface area (Å²) in [7, 11) is 0. The van der Waals surface area contributed by atoms with Crippen LogP contribution in [0.3, 0.4) is 0 Å². The van der Waals surface area contributed by atoms with Gasteiger partial charge in [0.1, 0.15) is 0 Å². The number of ether oxygens (including phenoxy) is 2. The van der Waals surface area contributed by atoms with Crippen LogP contribution in [0, 0.1) is 0 Å². The number of carbonyl (C=O) groups excluding carboxylic acids is 2. The van der Waals surface area contributed by atoms with Crippen LogP contribution in [0.1, 0.15) is 24.9 Å². The second-order valence-corrected chi connectivity index (χ2v) is 6.32. The van der Waals surface area contributed by atoms with Crippen LogP contribution in [0.15, 0.2) is 34.8 Å². The van der Waals surface area contributed by atoms with Gasteiger partial charge < -0.3 is 19.4 Å². The summed E-state index contributed by atoms with van der Waals surface area (Å²) in [5, 5.41) is 10.7. The normalized spacial score (nSPS) is 12.8. The first-order chi connectivity index (χ1) is 10.5. The first-order valence-electron chi connectivity index (χ1n) is 6.17. The number of thiophene rings is 1. The number of hydrogen-bond acceptors (Lipinski definition) is 6. The first kappa shape index (κ1) is 14.8. The molecule has 2 aromatic rings. The van der Waals surface area contributed by atoms with Crippen LogP contribution < -0.4 is 14.6 Å². The van der Waals surface area contributed by atoms with Gasteiger partial charge in [-0.05, 0) is 51.8 Å². The number of fused-ring (bicyclic) bond motifs is 1. The second kappa shape index (κ2) is 5.94. The van der Waals surface area contributed by atoms with E-state index in [1.54, 1.807) is 18.2 Å². The molecule has 0 amide bonds. The number of ketones is 1. The zero-order chi connectivity index (χ0) is 15.7. The number of halogens is 1. The number of carbonyl (C=O) groups is 2. The summed E-state index contributed by atoms with van der Waals surface area (Å²) < 4.78 is 11.3. The molecule has 2 heterocycles. The van der Waals surface area contributed by atoms with Crippen molar-refractivity contribution in [3.63, 3.8) is 0 Å². The molecule has 7 heteroatoms. The molecule has 1 aliphatic rings. The Morgan fingerprint density at radius 2 is 2.00 bits per heavy atom. The van der Waals surface area contributed by atoms with E-state index in [-0.39, 0.29) is 17.5 Å². The molecule has 112 valence electrons. The number of aromatic carboxylic acids is 1. The fourth-order valence-corrected chi connectivity index (χ4v) is 3.25. The van der Waals surface area contributed by atoms with Crippen molar-refractivity contribution in [2.75, 3.05) is 6.79 Å². The van der Waals surface area contributed by atoms with Gasteiger partial charge in [-0.25, -0.2) is 0 Å². The monoisotopic (exact) mass is 379 g/mol. The molecule has 22 heavy (non-hydrogen) atoms. The minimum atomic E-state index is -1.28. The lowest BCUT2D eigenvalue weighted by atomic mass is 10.1. The number of benzene rings is 1. The van der Waals surface area contributed by atoms with Crippen LogP contribution in [-0.4, -0.2) is 18.5 Å². The van der Waals surface area contributed by atoms with E-state index in [1.807, 2.05) is 0 Å². The predicted molar refractivity (Wildman–Crippen MR) is 82.3 cm³/mol. The Kier molecular flexibility index (Phi) is 4.00. The van der Waals surface area contributed by atoms with E-state index >= 15 is 0 Å². The Morgan fingerprint density at radius 3 is 2.73 bits per heavy atom. The molecule has 0 saturated carbocycles. The standard InChI is InChI=1S/C15H9BrO5S/c16-9-5-8(6-11-14(9)21-7-20-11)1-2-10(17)12-3-4-13(22-12)15(18)19/h1-6H,7H2,(H,18,19)/p-1/b2-1+. The van der Waals surface area contributed by atoms with Gasteiger partial charge in [0.25, 0.3) is 0 Å². The van der Waals surface area contributed by atoms with Crippen LogP contribution in [-0.2, 0) is 0 Å². The molecule has 0 N–H and O–H groups in total. The van der Waals surface area contributed by atoms with Crippen LogP contribution in [0.25, 0.3) is 6.08 Å². The summed E-state index contributed by atoms with van der Waals surface area (Å²) >= 11 is 4.27. The van der Waals surface area contributed by atoms with E-state index in [4.69, 9.17) is 9.47 Å². The smallest absolute Gasteiger partial charge is 0.231 e. The van der Waals surface area contributed by atoms with Crippen molar-refractivity contribution in [1.82, 2.24) is 0 Å². The number of allylic oxidation sites excluding steroid dienone is 1. The van der Waals surface area contributed by atoms with Gasteiger partial charge in [0.15, 0.2) is 17.3 Å². The molecule has 0 atom stereocenters. The third-order valence-electron chi connectivity index (χ3n) is 2.93. The van der Waals surface area contributed by atoms with Gasteiger partial charge in [-0.15, -0.1) is 11.3 Å². The minimum Gasteiger partial charge on any atom is -0.544 e. The summed E-state index contributed by atoms with van der Waals surface area (Å²) in [5.74, 6) is -0.309. The van der Waals surface area contributed by atoms with Crippen LogP contribution >= 0.6 is 27.3 Å². The topological polar surface area (TPSA) is 75.7 Å². The van der Waals surface area contributed by atoms with E-state index in [1.165, 1.54) is 18.2 Å². The largest absolute Gasteiger partial charge is 0.544 e. The highest BCUT2D eigenvalue weighted by molar-refractivity contribution is 9.10. The highest BCUT2D eigenvalue weighted by Gasteiger charge is 2.17. The second-order valence-electron chi connectivity index (χ2n) is 4.39. The number of hydrogen-bond donors (Lipinski definition) is 0. The van der Waals surface area contributed by atoms with Crippen LogP contribution in [0.5, 0.6) is 11.5 Å². The molecular formula is C15H8BrO5S-. The molecule has 1 aromatic carbocycles. The van der Waals surface area contributed by atoms with E-state index in [2.05, 4.69) is 15.9 Å². The van der Waals surface area contributed by atoms with E-state index < -0.39 is 5.97 Å². The molecule has 0 spiro atoms. The Bertz CT molecular complexity index is 793. The number of carboxylic acid groups (broad SMARTS) is 1. The molecule has 0 bridgehead atoms. The van der Waals surface area contributed by atoms with Crippen molar-refractivity contribution >= 4 is 45.1 Å². The zero-order valence-electron chi connectivity index (χ0n) is 11.0. The van der Waals surface area contributed by atoms with E-state index in [9.17, 15) is 14.7 Å². The van der Waals surface area contributed by atoms with Gasteiger partial charge >= 0.3 is 0 Å². The zero-order valence-corrected chi connectivity index (χ0v) is 13.4. The lowest BCUT2D eigenvalue weighted by Gasteiger charge is -2.01. The van der Waals surface area contributed by atoms with Gasteiger partial charge in [0.05, 0.1) is 20.2 Å². The van der Waals surface area contributed by atoms with Crippen molar-refractivity contribution in [2.45, 2.75) is 0 Å². The quantitative estimate of drug-likeness (QED) is 0.602. The van der Waals surface area contributed by atoms with E-state index in [0.29, 0.717) is 16.4 Å². The molecular weight excluding hydrogens is 372 g/mol. The van der Waals surface area contributed by atoms with Crippen molar-refractivity contribution in [2.24, 2.45) is 0 Å². The third kappa shape index (κ3) is 2.90. The highest BCUT2D eigenvalue weighted by atomic mass is 79.9. The molecule has 0 fully saturated rings. The van der Waals surface area contributed by atoms with Gasteiger partial charge in [0, 0.05) is 0 Å². The Labute approximate surface area is 137 Å². The fraction of sp³-hybridized carbons (Fsp3) is 0.0667. The Morgan fingerprint density at radius 1 is 1.23 bits per heavy atom. The van der Waals surface area contributed by atoms with Gasteiger partial charge in [-0.2, -0.15) is 0 Å². The van der Waals surface area contributed by atoms with Gasteiger partial charge in [0.2, 0.25) is 6.79 Å². The van der Waals surface area contributed by atoms with E-state index in [0.717, 1.165) is 21.4 Å². The maximum Gasteiger partial charge on any atom is 0.231 e. The molecule has 3 rings (SSSR count). The van der Waals surface area contributed by atoms with Crippen molar-refractivity contribution in [3.05, 3.63) is 50.1 Å². The summed E-state index contributed by atoms with van der Waals surface area (Å²) in [6.45, 7) is 0.168. The van der Waals surface area contributed by atoms with Gasteiger partial charge in [-0.1, -0.05) is 6.08 Å². The fourth-order valence-electron chi connectivity index (χ4n) is 1.92. The van der Waals surface area contributed by atoms with Gasteiger partial charge in [-0.3, -0.25) is 4.79 Å². The third-order valence-corrected chi connectivity index (χ3v) is 4.60. The summed E-state index contributed by atoms with van der Waals surface area (Å²) in [6, 6.07) is 6.40. The average Bonchev–Trinajstić information content (AvgIpc) is 3.13. The lowest BCUT2D eigenvalue weighted by molar-refractivity contribution is -0.254. The van der Waals surface area contributed by atoms with Crippen LogP contribution in [0.4, 0.5) is 0 Å².